The highest BCUT2D eigenvalue weighted by atomic mass is 16.5. The molecule has 6 heteroatoms. The molecular weight excluding hydrogens is 378 g/mol. The largest absolute Gasteiger partial charge is 0.493 e. The number of hydrogen-bond donors (Lipinski definition) is 2. The van der Waals surface area contributed by atoms with Gasteiger partial charge in [-0.2, -0.15) is 0 Å². The number of benzene rings is 2. The predicted molar refractivity (Wildman–Crippen MR) is 119 cm³/mol. The van der Waals surface area contributed by atoms with E-state index >= 15 is 0 Å². The second-order valence-corrected chi connectivity index (χ2v) is 7.71. The van der Waals surface area contributed by atoms with Crippen LogP contribution in [0.5, 0.6) is 11.5 Å². The summed E-state index contributed by atoms with van der Waals surface area (Å²) in [5.41, 5.74) is 5.02. The van der Waals surface area contributed by atoms with Crippen molar-refractivity contribution in [1.29, 1.82) is 0 Å². The average molecular weight is 412 g/mol. The van der Waals surface area contributed by atoms with Gasteiger partial charge in [0.15, 0.2) is 11.5 Å². The molecule has 2 aromatic rings. The molecule has 2 aromatic carbocycles. The molecular formula is C24H33N3O3. The molecule has 0 bridgehead atoms. The van der Waals surface area contributed by atoms with Crippen molar-refractivity contribution < 1.29 is 14.3 Å². The number of hydrogen-bond acceptors (Lipinski definition) is 4. The maximum atomic E-state index is 12.2. The lowest BCUT2D eigenvalue weighted by Gasteiger charge is -2.38. The Hall–Kier alpha value is -2.73. The molecule has 0 saturated heterocycles. The van der Waals surface area contributed by atoms with Gasteiger partial charge in [-0.3, -0.25) is 4.90 Å². The standard InChI is InChI=1S/C24H33N3O3/c1-5-11-25-24(28)26-15-21-20-14-23(30-4)22(29-3)13-18(20)10-12-27(21)16-19-9-7-6-8-17(19)2/h6-9,13-14,21H,5,10-12,15-16H2,1-4H3,(H2,25,26,28). The van der Waals surface area contributed by atoms with Crippen LogP contribution in [0.4, 0.5) is 4.79 Å². The highest BCUT2D eigenvalue weighted by Crippen LogP contribution is 2.38. The molecule has 0 fully saturated rings. The summed E-state index contributed by atoms with van der Waals surface area (Å²) in [5, 5.41) is 5.96. The molecule has 162 valence electrons. The monoisotopic (exact) mass is 411 g/mol. The van der Waals surface area contributed by atoms with Gasteiger partial charge < -0.3 is 20.1 Å². The van der Waals surface area contributed by atoms with E-state index in [2.05, 4.69) is 58.9 Å². The van der Waals surface area contributed by atoms with Gasteiger partial charge in [-0.1, -0.05) is 31.2 Å². The Balaban J connectivity index is 1.89. The molecule has 1 aliphatic heterocycles. The fraction of sp³-hybridized carbons (Fsp3) is 0.458. The Morgan fingerprint density at radius 2 is 1.87 bits per heavy atom. The molecule has 0 radical (unpaired) electrons. The van der Waals surface area contributed by atoms with Crippen LogP contribution < -0.4 is 20.1 Å². The van der Waals surface area contributed by atoms with Gasteiger partial charge in [-0.15, -0.1) is 0 Å². The smallest absolute Gasteiger partial charge is 0.314 e. The first-order valence-electron chi connectivity index (χ1n) is 10.6. The zero-order chi connectivity index (χ0) is 21.5. The van der Waals surface area contributed by atoms with Gasteiger partial charge in [0.05, 0.1) is 20.3 Å². The number of fused-ring (bicyclic) bond motifs is 1. The maximum absolute atomic E-state index is 12.2. The quantitative estimate of drug-likeness (QED) is 0.693. The summed E-state index contributed by atoms with van der Waals surface area (Å²) in [5.74, 6) is 1.46. The molecule has 30 heavy (non-hydrogen) atoms. The zero-order valence-corrected chi connectivity index (χ0v) is 18.5. The normalized spacial score (nSPS) is 15.9. The van der Waals surface area contributed by atoms with Crippen LogP contribution in [0.15, 0.2) is 36.4 Å². The van der Waals surface area contributed by atoms with Crippen LogP contribution in [-0.4, -0.2) is 44.8 Å². The third-order valence-corrected chi connectivity index (χ3v) is 5.74. The van der Waals surface area contributed by atoms with Crippen LogP contribution in [0.3, 0.4) is 0 Å². The topological polar surface area (TPSA) is 62.8 Å². The third kappa shape index (κ3) is 5.05. The van der Waals surface area contributed by atoms with E-state index in [1.807, 2.05) is 6.92 Å². The molecule has 0 saturated carbocycles. The first-order valence-corrected chi connectivity index (χ1v) is 10.6. The number of amides is 2. The Morgan fingerprint density at radius 3 is 2.57 bits per heavy atom. The van der Waals surface area contributed by atoms with Crippen LogP contribution in [0, 0.1) is 6.92 Å². The van der Waals surface area contributed by atoms with Gasteiger partial charge >= 0.3 is 6.03 Å². The third-order valence-electron chi connectivity index (χ3n) is 5.74. The van der Waals surface area contributed by atoms with Gasteiger partial charge in [0.25, 0.3) is 0 Å². The predicted octanol–water partition coefficient (Wildman–Crippen LogP) is 3.82. The van der Waals surface area contributed by atoms with Crippen LogP contribution in [0.25, 0.3) is 0 Å². The minimum atomic E-state index is -0.125. The number of urea groups is 1. The Bertz CT molecular complexity index is 869. The van der Waals surface area contributed by atoms with Crippen LogP contribution >= 0.6 is 0 Å². The lowest BCUT2D eigenvalue weighted by molar-refractivity contribution is 0.170. The lowest BCUT2D eigenvalue weighted by atomic mass is 9.91. The number of carbonyl (C=O) groups is 1. The first-order chi connectivity index (χ1) is 14.6. The summed E-state index contributed by atoms with van der Waals surface area (Å²) in [7, 11) is 3.32. The van der Waals surface area contributed by atoms with Crippen molar-refractivity contribution in [2.45, 2.75) is 39.3 Å². The van der Waals surface area contributed by atoms with E-state index < -0.39 is 0 Å². The highest BCUT2D eigenvalue weighted by Gasteiger charge is 2.29. The summed E-state index contributed by atoms with van der Waals surface area (Å²) in [6.45, 7) is 7.14. The van der Waals surface area contributed by atoms with Crippen molar-refractivity contribution in [2.75, 3.05) is 33.9 Å². The first kappa shape index (κ1) is 22.0. The van der Waals surface area contributed by atoms with Gasteiger partial charge in [0.2, 0.25) is 0 Å². The van der Waals surface area contributed by atoms with Crippen molar-refractivity contribution in [3.05, 3.63) is 58.7 Å². The van der Waals surface area contributed by atoms with Gasteiger partial charge in [0.1, 0.15) is 0 Å². The Kier molecular flexibility index (Phi) is 7.57. The Labute approximate surface area is 179 Å². The molecule has 1 atom stereocenters. The molecule has 1 heterocycles. The molecule has 1 unspecified atom stereocenters. The number of ether oxygens (including phenoxy) is 2. The van der Waals surface area contributed by atoms with E-state index in [0.29, 0.717) is 13.1 Å². The summed E-state index contributed by atoms with van der Waals surface area (Å²) in [6, 6.07) is 12.5. The molecule has 0 aromatic heterocycles. The molecule has 0 spiro atoms. The zero-order valence-electron chi connectivity index (χ0n) is 18.5. The van der Waals surface area contributed by atoms with Crippen LogP contribution in [0.2, 0.25) is 0 Å². The van der Waals surface area contributed by atoms with Crippen LogP contribution in [-0.2, 0) is 13.0 Å². The average Bonchev–Trinajstić information content (AvgIpc) is 2.77. The van der Waals surface area contributed by atoms with Crippen molar-refractivity contribution in [2.24, 2.45) is 0 Å². The number of nitrogens with one attached hydrogen (secondary N) is 2. The SMILES string of the molecule is CCCNC(=O)NCC1c2cc(OC)c(OC)cc2CCN1Cc1ccccc1C. The summed E-state index contributed by atoms with van der Waals surface area (Å²) >= 11 is 0. The van der Waals surface area contributed by atoms with E-state index in [0.717, 1.165) is 37.4 Å². The van der Waals surface area contributed by atoms with Crippen molar-refractivity contribution in [3.8, 4) is 11.5 Å². The number of rotatable bonds is 8. The lowest BCUT2D eigenvalue weighted by Crippen LogP contribution is -2.44. The number of nitrogens with zero attached hydrogens (tertiary/aromatic N) is 1. The number of aryl methyl sites for hydroxylation is 1. The van der Waals surface area contributed by atoms with Crippen molar-refractivity contribution >= 4 is 6.03 Å². The van der Waals surface area contributed by atoms with Gasteiger partial charge in [-0.25, -0.2) is 4.79 Å². The van der Waals surface area contributed by atoms with E-state index in [1.54, 1.807) is 14.2 Å². The van der Waals surface area contributed by atoms with Gasteiger partial charge in [0, 0.05) is 26.2 Å². The summed E-state index contributed by atoms with van der Waals surface area (Å²) in [4.78, 5) is 14.7. The number of methoxy groups -OCH3 is 2. The van der Waals surface area contributed by atoms with Crippen molar-refractivity contribution in [3.63, 3.8) is 0 Å². The fourth-order valence-electron chi connectivity index (χ4n) is 4.01. The number of carbonyl (C=O) groups excluding carboxylic acids is 1. The van der Waals surface area contributed by atoms with E-state index in [1.165, 1.54) is 22.3 Å². The molecule has 0 aliphatic carbocycles. The summed E-state index contributed by atoms with van der Waals surface area (Å²) < 4.78 is 11.1. The van der Waals surface area contributed by atoms with Crippen LogP contribution in [0.1, 0.15) is 41.6 Å². The fourth-order valence-corrected chi connectivity index (χ4v) is 4.01. The van der Waals surface area contributed by atoms with E-state index in [-0.39, 0.29) is 12.1 Å². The maximum Gasteiger partial charge on any atom is 0.314 e. The minimum Gasteiger partial charge on any atom is -0.493 e. The van der Waals surface area contributed by atoms with Crippen molar-refractivity contribution in [1.82, 2.24) is 15.5 Å². The van der Waals surface area contributed by atoms with E-state index in [9.17, 15) is 4.79 Å². The second-order valence-electron chi connectivity index (χ2n) is 7.71. The minimum absolute atomic E-state index is 0.0561. The molecule has 3 rings (SSSR count). The molecule has 6 nitrogen and oxygen atoms in total. The molecule has 1 aliphatic rings. The summed E-state index contributed by atoms with van der Waals surface area (Å²) in [6.07, 6.45) is 1.84. The van der Waals surface area contributed by atoms with E-state index in [4.69, 9.17) is 9.47 Å². The Morgan fingerprint density at radius 1 is 1.13 bits per heavy atom. The molecule has 2 N–H and O–H groups in total. The van der Waals surface area contributed by atoms with Gasteiger partial charge in [-0.05, 0) is 54.2 Å². The second kappa shape index (κ2) is 10.3. The highest BCUT2D eigenvalue weighted by molar-refractivity contribution is 5.73. The molecule has 2 amide bonds.